The van der Waals surface area contributed by atoms with Gasteiger partial charge in [-0.05, 0) is 6.07 Å². The third kappa shape index (κ3) is 2.80. The molecule has 0 spiro atoms. The van der Waals surface area contributed by atoms with Crippen molar-refractivity contribution in [3.8, 4) is 0 Å². The molecule has 0 radical (unpaired) electrons. The molecule has 98 valence electrons. The number of nitro groups is 1. The smallest absolute Gasteiger partial charge is 0.275 e. The second kappa shape index (κ2) is 5.22. The molecule has 1 saturated heterocycles. The number of rotatable bonds is 5. The molecule has 1 fully saturated rings. The van der Waals surface area contributed by atoms with Crippen LogP contribution in [0.3, 0.4) is 0 Å². The van der Waals surface area contributed by atoms with E-state index in [2.05, 4.69) is 12.2 Å². The molecule has 0 atom stereocenters. The van der Waals surface area contributed by atoms with Crippen LogP contribution in [-0.4, -0.2) is 24.7 Å². The predicted octanol–water partition coefficient (Wildman–Crippen LogP) is 2.37. The van der Waals surface area contributed by atoms with Crippen LogP contribution in [0.4, 0.5) is 5.69 Å². The minimum atomic E-state index is -0.406. The number of hydrogen-bond acceptors (Lipinski definition) is 4. The second-order valence-electron chi connectivity index (χ2n) is 4.90. The van der Waals surface area contributed by atoms with E-state index in [0.29, 0.717) is 17.1 Å². The Morgan fingerprint density at radius 1 is 1.56 bits per heavy atom. The van der Waals surface area contributed by atoms with E-state index in [1.54, 1.807) is 12.1 Å². The van der Waals surface area contributed by atoms with Crippen LogP contribution < -0.4 is 5.32 Å². The number of halogens is 1. The van der Waals surface area contributed by atoms with Crippen LogP contribution in [0.2, 0.25) is 5.02 Å². The van der Waals surface area contributed by atoms with Gasteiger partial charge in [0, 0.05) is 24.6 Å². The van der Waals surface area contributed by atoms with Crippen molar-refractivity contribution in [3.63, 3.8) is 0 Å². The Bertz CT molecular complexity index is 461. The first-order chi connectivity index (χ1) is 8.52. The van der Waals surface area contributed by atoms with E-state index in [0.717, 1.165) is 19.8 Å². The Labute approximate surface area is 110 Å². The number of benzene rings is 1. The van der Waals surface area contributed by atoms with Gasteiger partial charge in [-0.1, -0.05) is 24.6 Å². The molecule has 2 rings (SSSR count). The summed E-state index contributed by atoms with van der Waals surface area (Å²) in [5.41, 5.74) is 0.730. The van der Waals surface area contributed by atoms with Gasteiger partial charge in [0.05, 0.1) is 28.7 Å². The number of nitrogens with zero attached hydrogens (tertiary/aromatic N) is 1. The molecule has 1 aliphatic rings. The monoisotopic (exact) mass is 270 g/mol. The van der Waals surface area contributed by atoms with Crippen LogP contribution in [0, 0.1) is 15.5 Å². The molecule has 5 nitrogen and oxygen atoms in total. The zero-order chi connectivity index (χ0) is 13.2. The first kappa shape index (κ1) is 13.3. The topological polar surface area (TPSA) is 64.4 Å². The Balaban J connectivity index is 2.02. The Morgan fingerprint density at radius 2 is 2.28 bits per heavy atom. The van der Waals surface area contributed by atoms with Crippen molar-refractivity contribution < 1.29 is 9.66 Å². The van der Waals surface area contributed by atoms with Crippen molar-refractivity contribution >= 4 is 17.3 Å². The number of nitro benzene ring substituents is 1. The third-order valence-electron chi connectivity index (χ3n) is 3.05. The molecule has 0 saturated carbocycles. The zero-order valence-electron chi connectivity index (χ0n) is 10.1. The van der Waals surface area contributed by atoms with Crippen LogP contribution in [-0.2, 0) is 11.3 Å². The lowest BCUT2D eigenvalue weighted by molar-refractivity contribution is -0.385. The van der Waals surface area contributed by atoms with Gasteiger partial charge >= 0.3 is 0 Å². The summed E-state index contributed by atoms with van der Waals surface area (Å²) >= 11 is 6.00. The lowest BCUT2D eigenvalue weighted by Gasteiger charge is -2.38. The average Bonchev–Trinajstić information content (AvgIpc) is 2.28. The van der Waals surface area contributed by atoms with Gasteiger partial charge in [0.15, 0.2) is 0 Å². The highest BCUT2D eigenvalue weighted by Gasteiger charge is 2.32. The molecule has 0 aliphatic carbocycles. The standard InChI is InChI=1S/C12H15ClN2O3/c1-12(7-18-8-12)6-14-5-9-10(13)3-2-4-11(9)15(16)17/h2-4,14H,5-8H2,1H3. The molecule has 6 heteroatoms. The van der Waals surface area contributed by atoms with Crippen molar-refractivity contribution in [3.05, 3.63) is 38.9 Å². The second-order valence-corrected chi connectivity index (χ2v) is 5.31. The number of nitrogens with one attached hydrogen (secondary N) is 1. The van der Waals surface area contributed by atoms with E-state index in [4.69, 9.17) is 16.3 Å². The molecule has 0 unspecified atom stereocenters. The lowest BCUT2D eigenvalue weighted by atomic mass is 9.89. The van der Waals surface area contributed by atoms with Gasteiger partial charge in [-0.25, -0.2) is 0 Å². The van der Waals surface area contributed by atoms with Gasteiger partial charge < -0.3 is 10.1 Å². The highest BCUT2D eigenvalue weighted by molar-refractivity contribution is 6.31. The first-order valence-electron chi connectivity index (χ1n) is 5.72. The maximum atomic E-state index is 10.9. The predicted molar refractivity (Wildman–Crippen MR) is 68.7 cm³/mol. The van der Waals surface area contributed by atoms with E-state index in [9.17, 15) is 10.1 Å². The van der Waals surface area contributed by atoms with Crippen molar-refractivity contribution in [2.24, 2.45) is 5.41 Å². The summed E-state index contributed by atoms with van der Waals surface area (Å²) in [6.07, 6.45) is 0. The Kier molecular flexibility index (Phi) is 3.85. The van der Waals surface area contributed by atoms with Crippen molar-refractivity contribution in [2.75, 3.05) is 19.8 Å². The molecule has 1 aromatic carbocycles. The maximum Gasteiger partial charge on any atom is 0.275 e. The summed E-state index contributed by atoms with van der Waals surface area (Å²) in [7, 11) is 0. The van der Waals surface area contributed by atoms with Gasteiger partial charge in [0.2, 0.25) is 0 Å². The summed E-state index contributed by atoms with van der Waals surface area (Å²) in [6, 6.07) is 4.72. The Morgan fingerprint density at radius 3 is 2.83 bits per heavy atom. The van der Waals surface area contributed by atoms with Crippen LogP contribution in [0.1, 0.15) is 12.5 Å². The molecule has 0 amide bonds. The fourth-order valence-electron chi connectivity index (χ4n) is 1.94. The molecule has 18 heavy (non-hydrogen) atoms. The summed E-state index contributed by atoms with van der Waals surface area (Å²) in [5, 5.41) is 14.5. The highest BCUT2D eigenvalue weighted by Crippen LogP contribution is 2.28. The maximum absolute atomic E-state index is 10.9. The summed E-state index contributed by atoms with van der Waals surface area (Å²) < 4.78 is 5.15. The molecule has 1 aromatic rings. The van der Waals surface area contributed by atoms with Crippen molar-refractivity contribution in [1.29, 1.82) is 0 Å². The average molecular weight is 271 g/mol. The molecular weight excluding hydrogens is 256 g/mol. The molecule has 1 aliphatic heterocycles. The zero-order valence-corrected chi connectivity index (χ0v) is 10.9. The quantitative estimate of drug-likeness (QED) is 0.659. The van der Waals surface area contributed by atoms with Crippen LogP contribution in [0.5, 0.6) is 0 Å². The normalized spacial score (nSPS) is 17.2. The van der Waals surface area contributed by atoms with Gasteiger partial charge in [0.25, 0.3) is 5.69 Å². The number of ether oxygens (including phenoxy) is 1. The van der Waals surface area contributed by atoms with E-state index < -0.39 is 4.92 Å². The number of hydrogen-bond donors (Lipinski definition) is 1. The summed E-state index contributed by atoms with van der Waals surface area (Å²) in [5.74, 6) is 0. The largest absolute Gasteiger partial charge is 0.380 e. The minimum Gasteiger partial charge on any atom is -0.380 e. The summed E-state index contributed by atoms with van der Waals surface area (Å²) in [4.78, 5) is 10.5. The molecule has 1 N–H and O–H groups in total. The fraction of sp³-hybridized carbons (Fsp3) is 0.500. The lowest BCUT2D eigenvalue weighted by Crippen LogP contribution is -2.47. The molecular formula is C12H15ClN2O3. The van der Waals surface area contributed by atoms with Crippen LogP contribution >= 0.6 is 11.6 Å². The van der Waals surface area contributed by atoms with Crippen molar-refractivity contribution in [2.45, 2.75) is 13.5 Å². The van der Waals surface area contributed by atoms with Crippen LogP contribution in [0.15, 0.2) is 18.2 Å². The van der Waals surface area contributed by atoms with E-state index in [1.807, 2.05) is 0 Å². The van der Waals surface area contributed by atoms with Gasteiger partial charge in [0.1, 0.15) is 0 Å². The highest BCUT2D eigenvalue weighted by atomic mass is 35.5. The summed E-state index contributed by atoms with van der Waals surface area (Å²) in [6.45, 7) is 4.72. The van der Waals surface area contributed by atoms with Gasteiger partial charge in [-0.15, -0.1) is 0 Å². The molecule has 0 aromatic heterocycles. The molecule has 0 bridgehead atoms. The van der Waals surface area contributed by atoms with Gasteiger partial charge in [-0.2, -0.15) is 0 Å². The van der Waals surface area contributed by atoms with Crippen molar-refractivity contribution in [1.82, 2.24) is 5.32 Å². The molecule has 1 heterocycles. The minimum absolute atomic E-state index is 0.0602. The van der Waals surface area contributed by atoms with E-state index >= 15 is 0 Å². The van der Waals surface area contributed by atoms with E-state index in [-0.39, 0.29) is 11.1 Å². The third-order valence-corrected chi connectivity index (χ3v) is 3.40. The Hall–Kier alpha value is -1.17. The first-order valence-corrected chi connectivity index (χ1v) is 6.10. The van der Waals surface area contributed by atoms with Crippen LogP contribution in [0.25, 0.3) is 0 Å². The van der Waals surface area contributed by atoms with E-state index in [1.165, 1.54) is 6.07 Å². The SMILES string of the molecule is CC1(CNCc2c(Cl)cccc2[N+](=O)[O-])COC1. The van der Waals surface area contributed by atoms with Gasteiger partial charge in [-0.3, -0.25) is 10.1 Å². The fourth-order valence-corrected chi connectivity index (χ4v) is 2.17.